The smallest absolute Gasteiger partial charge is 0.250 e. The third kappa shape index (κ3) is 2.57. The monoisotopic (exact) mass is 287 g/mol. The number of nitrogens with zero attached hydrogens (tertiary/aromatic N) is 1. The van der Waals surface area contributed by atoms with E-state index in [4.69, 9.17) is 0 Å². The van der Waals surface area contributed by atoms with Gasteiger partial charge in [-0.15, -0.1) is 0 Å². The molecule has 1 aromatic heterocycles. The Bertz CT molecular complexity index is 506. The average molecular weight is 287 g/mol. The van der Waals surface area contributed by atoms with E-state index >= 15 is 0 Å². The first-order valence-corrected chi connectivity index (χ1v) is 6.67. The highest BCUT2D eigenvalue weighted by atomic mass is 19.4. The number of hydrogen-bond acceptors (Lipinski definition) is 1. The summed E-state index contributed by atoms with van der Waals surface area (Å²) in [6.07, 6.45) is -1.91. The zero-order valence-corrected chi connectivity index (χ0v) is 12.1. The summed E-state index contributed by atoms with van der Waals surface area (Å²) in [6, 6.07) is 0.998. The van der Waals surface area contributed by atoms with E-state index < -0.39 is 17.7 Å². The quantitative estimate of drug-likeness (QED) is 0.562. The molecule has 6 heteroatoms. The molecule has 1 fully saturated rings. The maximum Gasteiger partial charge on any atom is 0.436 e. The van der Waals surface area contributed by atoms with Gasteiger partial charge in [0.1, 0.15) is 0 Å². The van der Waals surface area contributed by atoms with Crippen molar-refractivity contribution >= 4 is 12.2 Å². The Labute approximate surface area is 116 Å². The largest absolute Gasteiger partial charge is 0.436 e. The van der Waals surface area contributed by atoms with Crippen LogP contribution in [0.4, 0.5) is 17.6 Å². The van der Waals surface area contributed by atoms with Crippen molar-refractivity contribution in [3.8, 4) is 0 Å². The normalized spacial score (nSPS) is 21.3. The van der Waals surface area contributed by atoms with Crippen LogP contribution >= 0.6 is 0 Å². The van der Waals surface area contributed by atoms with Gasteiger partial charge in [-0.1, -0.05) is 45.8 Å². The van der Waals surface area contributed by atoms with Crippen molar-refractivity contribution in [2.45, 2.75) is 46.5 Å². The summed E-state index contributed by atoms with van der Waals surface area (Å²) in [6.45, 7) is 8.62. The Morgan fingerprint density at radius 3 is 2.00 bits per heavy atom. The van der Waals surface area contributed by atoms with Crippen LogP contribution in [0.1, 0.15) is 33.4 Å². The summed E-state index contributed by atoms with van der Waals surface area (Å²) >= 11 is 0. The lowest BCUT2D eigenvalue weighted by molar-refractivity contribution is -0.143. The van der Waals surface area contributed by atoms with Gasteiger partial charge in [0.2, 0.25) is 0 Å². The molecule has 0 saturated carbocycles. The molecular weight excluding hydrogens is 269 g/mol. The molecule has 0 bridgehead atoms. The summed E-state index contributed by atoms with van der Waals surface area (Å²) < 4.78 is 51.1. The topological polar surface area (TPSA) is 12.9 Å². The number of aromatic nitrogens is 1. The van der Waals surface area contributed by atoms with Gasteiger partial charge in [0.15, 0.2) is 18.2 Å². The molecule has 0 N–H and O–H groups in total. The van der Waals surface area contributed by atoms with Gasteiger partial charge in [0, 0.05) is 6.20 Å². The summed E-state index contributed by atoms with van der Waals surface area (Å²) in [7, 11) is 0. The van der Waals surface area contributed by atoms with Gasteiger partial charge < -0.3 is 0 Å². The molecule has 0 radical (unpaired) electrons. The van der Waals surface area contributed by atoms with Gasteiger partial charge in [-0.05, 0) is 16.9 Å². The number of hydrogen-bond donors (Lipinski definition) is 0. The molecule has 1 aliphatic heterocycles. The van der Waals surface area contributed by atoms with Gasteiger partial charge in [-0.3, -0.25) is 0 Å². The lowest BCUT2D eigenvalue weighted by atomic mass is 9.42. The van der Waals surface area contributed by atoms with E-state index in [1.807, 2.05) is 0 Å². The van der Waals surface area contributed by atoms with Crippen molar-refractivity contribution in [1.82, 2.24) is 4.98 Å². The first-order valence-electron chi connectivity index (χ1n) is 6.67. The van der Waals surface area contributed by atoms with Crippen LogP contribution in [-0.2, 0) is 6.18 Å². The molecule has 2 heterocycles. The number of pyridine rings is 1. The van der Waals surface area contributed by atoms with E-state index in [0.29, 0.717) is 5.46 Å². The van der Waals surface area contributed by atoms with Crippen LogP contribution in [0.3, 0.4) is 0 Å². The van der Waals surface area contributed by atoms with Crippen molar-refractivity contribution in [2.24, 2.45) is 10.8 Å². The van der Waals surface area contributed by atoms with E-state index in [1.54, 1.807) is 0 Å². The molecule has 110 valence electrons. The zero-order valence-electron chi connectivity index (χ0n) is 12.1. The van der Waals surface area contributed by atoms with Crippen LogP contribution in [-0.4, -0.2) is 11.7 Å². The number of rotatable bonds is 1. The first kappa shape index (κ1) is 15.3. The van der Waals surface area contributed by atoms with E-state index in [0.717, 1.165) is 18.7 Å². The molecule has 0 amide bonds. The second-order valence-corrected chi connectivity index (χ2v) is 6.97. The molecule has 0 aromatic carbocycles. The minimum atomic E-state index is -4.74. The average Bonchev–Trinajstić information content (AvgIpc) is 2.46. The molecule has 0 spiro atoms. The van der Waals surface area contributed by atoms with Crippen molar-refractivity contribution in [2.75, 3.05) is 0 Å². The fourth-order valence-corrected chi connectivity index (χ4v) is 2.98. The van der Waals surface area contributed by atoms with Crippen LogP contribution < -0.4 is 5.46 Å². The van der Waals surface area contributed by atoms with Crippen molar-refractivity contribution in [1.29, 1.82) is 0 Å². The van der Waals surface area contributed by atoms with Gasteiger partial charge >= 0.3 is 6.18 Å². The van der Waals surface area contributed by atoms with Gasteiger partial charge in [-0.25, -0.2) is 9.37 Å². The van der Waals surface area contributed by atoms with Crippen LogP contribution in [0, 0.1) is 16.6 Å². The van der Waals surface area contributed by atoms with Crippen molar-refractivity contribution in [3.05, 3.63) is 23.8 Å². The summed E-state index contributed by atoms with van der Waals surface area (Å²) in [5, 5.41) is 0. The predicted octanol–water partition coefficient (Wildman–Crippen LogP) is 4.01. The molecule has 0 unspecified atom stereocenters. The van der Waals surface area contributed by atoms with Crippen LogP contribution in [0.15, 0.2) is 12.3 Å². The maximum absolute atomic E-state index is 13.6. The van der Waals surface area contributed by atoms with Crippen LogP contribution in [0.2, 0.25) is 12.6 Å². The van der Waals surface area contributed by atoms with Crippen molar-refractivity contribution in [3.63, 3.8) is 0 Å². The summed E-state index contributed by atoms with van der Waals surface area (Å²) in [5.74, 6) is -1.28. The Morgan fingerprint density at radius 1 is 1.10 bits per heavy atom. The van der Waals surface area contributed by atoms with E-state index in [2.05, 4.69) is 32.7 Å². The molecule has 1 nitrogen and oxygen atoms in total. The molecule has 1 saturated heterocycles. The Balaban J connectivity index is 2.31. The van der Waals surface area contributed by atoms with Gasteiger partial charge in [-0.2, -0.15) is 13.2 Å². The molecule has 0 atom stereocenters. The minimum Gasteiger partial charge on any atom is -0.250 e. The number of halogens is 4. The van der Waals surface area contributed by atoms with Crippen molar-refractivity contribution < 1.29 is 17.6 Å². The number of alkyl halides is 3. The Morgan fingerprint density at radius 2 is 1.60 bits per heavy atom. The molecule has 0 aliphatic carbocycles. The second kappa shape index (κ2) is 4.47. The Hall–Kier alpha value is -1.07. The third-order valence-electron chi connectivity index (χ3n) is 4.95. The maximum atomic E-state index is 13.6. The van der Waals surface area contributed by atoms with E-state index in [-0.39, 0.29) is 17.5 Å². The molecule has 2 rings (SSSR count). The minimum absolute atomic E-state index is 0.0595. The predicted molar refractivity (Wildman–Crippen MR) is 71.8 cm³/mol. The molecule has 1 aromatic rings. The highest BCUT2D eigenvalue weighted by Crippen LogP contribution is 2.52. The van der Waals surface area contributed by atoms with Gasteiger partial charge in [0.25, 0.3) is 0 Å². The molecule has 20 heavy (non-hydrogen) atoms. The fraction of sp³-hybridized carbons (Fsp3) is 0.643. The Kier molecular flexibility index (Phi) is 3.42. The van der Waals surface area contributed by atoms with Crippen LogP contribution in [0.25, 0.3) is 0 Å². The molecule has 1 aliphatic rings. The van der Waals surface area contributed by atoms with E-state index in [9.17, 15) is 17.6 Å². The van der Waals surface area contributed by atoms with Gasteiger partial charge in [0.05, 0.1) is 0 Å². The lowest BCUT2D eigenvalue weighted by Crippen LogP contribution is -2.30. The fourth-order valence-electron chi connectivity index (χ4n) is 2.98. The third-order valence-corrected chi connectivity index (χ3v) is 4.95. The zero-order chi connectivity index (χ0) is 15.3. The highest BCUT2D eigenvalue weighted by Gasteiger charge is 2.48. The summed E-state index contributed by atoms with van der Waals surface area (Å²) in [4.78, 5) is 3.29. The standard InChI is InChI=1S/C14H18BF4N/c1-12(2)7-15(8-13(12,3)4)9-5-10(16)11(20-6-9)14(17,18)19/h5-6H,7-8H2,1-4H3. The first-order chi connectivity index (χ1) is 8.94. The SMILES string of the molecule is CC1(C)CB(c2cnc(C(F)(F)F)c(F)c2)CC1(C)C. The van der Waals surface area contributed by atoms with E-state index in [1.165, 1.54) is 6.20 Å². The second-order valence-electron chi connectivity index (χ2n) is 6.97. The lowest BCUT2D eigenvalue weighted by Gasteiger charge is -2.35. The highest BCUT2D eigenvalue weighted by molar-refractivity contribution is 6.74. The summed E-state index contributed by atoms with van der Waals surface area (Å²) in [5.41, 5.74) is -0.736. The molecular formula is C14H18BF4N. The van der Waals surface area contributed by atoms with Crippen LogP contribution in [0.5, 0.6) is 0 Å².